The highest BCUT2D eigenvalue weighted by Crippen LogP contribution is 2.36. The van der Waals surface area contributed by atoms with Crippen molar-refractivity contribution in [2.75, 3.05) is 11.1 Å². The molecule has 0 saturated carbocycles. The molecule has 0 aliphatic carbocycles. The average molecular weight is 396 g/mol. The minimum atomic E-state index is -0.00172. The van der Waals surface area contributed by atoms with E-state index >= 15 is 0 Å². The van der Waals surface area contributed by atoms with Gasteiger partial charge in [0.05, 0.1) is 11.0 Å². The van der Waals surface area contributed by atoms with Gasteiger partial charge in [0, 0.05) is 10.7 Å². The Balaban J connectivity index is 1.71. The Morgan fingerprint density at radius 1 is 0.926 bits per heavy atom. The molecular weight excluding hydrogens is 374 g/mol. The third-order valence-corrected chi connectivity index (χ3v) is 6.01. The van der Waals surface area contributed by atoms with E-state index in [2.05, 4.69) is 24.4 Å². The minimum Gasteiger partial charge on any atom is -0.325 e. The maximum absolute atomic E-state index is 12.5. The second-order valence-corrected chi connectivity index (χ2v) is 8.03. The van der Waals surface area contributed by atoms with Crippen molar-refractivity contribution in [2.45, 2.75) is 19.1 Å². The number of halogens is 1. The molecule has 1 unspecified atom stereocenters. The molecule has 4 heteroatoms. The predicted octanol–water partition coefficient (Wildman–Crippen LogP) is 6.42. The molecule has 0 spiro atoms. The average Bonchev–Trinajstić information content (AvgIpc) is 2.67. The van der Waals surface area contributed by atoms with E-state index in [9.17, 15) is 4.79 Å². The lowest BCUT2D eigenvalue weighted by molar-refractivity contribution is -0.113. The molecule has 3 aromatic carbocycles. The number of hydrogen-bond donors (Lipinski definition) is 1. The molecule has 0 saturated heterocycles. The van der Waals surface area contributed by atoms with E-state index in [1.54, 1.807) is 11.8 Å². The van der Waals surface area contributed by atoms with E-state index in [0.717, 1.165) is 11.3 Å². The van der Waals surface area contributed by atoms with Gasteiger partial charge in [0.15, 0.2) is 0 Å². The number of carbonyl (C=O) groups excluding carboxylic acids is 1. The van der Waals surface area contributed by atoms with E-state index in [0.29, 0.717) is 10.8 Å². The van der Waals surface area contributed by atoms with Crippen LogP contribution in [0.15, 0.2) is 72.8 Å². The highest BCUT2D eigenvalue weighted by atomic mass is 35.5. The Morgan fingerprint density at radius 2 is 1.59 bits per heavy atom. The Labute approximate surface area is 170 Å². The summed E-state index contributed by atoms with van der Waals surface area (Å²) >= 11 is 7.65. The fraction of sp³-hybridized carbons (Fsp3) is 0.174. The number of aryl methyl sites for hydroxylation is 2. The summed E-state index contributed by atoms with van der Waals surface area (Å²) in [6.45, 7) is 4.11. The van der Waals surface area contributed by atoms with Crippen molar-refractivity contribution in [3.63, 3.8) is 0 Å². The molecule has 0 bridgehead atoms. The number of amides is 1. The molecule has 0 fully saturated rings. The summed E-state index contributed by atoms with van der Waals surface area (Å²) in [5.74, 6) is 0.368. The quantitative estimate of drug-likeness (QED) is 0.521. The van der Waals surface area contributed by atoms with Crippen LogP contribution in [0, 0.1) is 13.8 Å². The first kappa shape index (κ1) is 19.5. The summed E-state index contributed by atoms with van der Waals surface area (Å²) in [6, 6.07) is 24.0. The molecule has 2 nitrogen and oxygen atoms in total. The van der Waals surface area contributed by atoms with Crippen molar-refractivity contribution in [1.29, 1.82) is 0 Å². The number of anilines is 1. The molecule has 1 N–H and O–H groups in total. The fourth-order valence-corrected chi connectivity index (χ4v) is 4.04. The lowest BCUT2D eigenvalue weighted by atomic mass is 10.0. The van der Waals surface area contributed by atoms with Gasteiger partial charge in [-0.3, -0.25) is 4.79 Å². The van der Waals surface area contributed by atoms with Gasteiger partial charge in [-0.05, 0) is 60.4 Å². The maximum atomic E-state index is 12.5. The lowest BCUT2D eigenvalue weighted by Gasteiger charge is -2.18. The lowest BCUT2D eigenvalue weighted by Crippen LogP contribution is -2.15. The summed E-state index contributed by atoms with van der Waals surface area (Å²) in [4.78, 5) is 12.5. The minimum absolute atomic E-state index is 0.00172. The van der Waals surface area contributed by atoms with Crippen LogP contribution in [-0.4, -0.2) is 11.7 Å². The van der Waals surface area contributed by atoms with Gasteiger partial charge < -0.3 is 5.32 Å². The van der Waals surface area contributed by atoms with Gasteiger partial charge in [0.25, 0.3) is 0 Å². The smallest absolute Gasteiger partial charge is 0.234 e. The second-order valence-electron chi connectivity index (χ2n) is 6.50. The third kappa shape index (κ3) is 5.38. The Kier molecular flexibility index (Phi) is 6.59. The zero-order chi connectivity index (χ0) is 19.2. The van der Waals surface area contributed by atoms with Gasteiger partial charge in [0.1, 0.15) is 0 Å². The Hall–Kier alpha value is -2.23. The summed E-state index contributed by atoms with van der Waals surface area (Å²) in [5.41, 5.74) is 5.53. The summed E-state index contributed by atoms with van der Waals surface area (Å²) in [5, 5.41) is 3.79. The Bertz CT molecular complexity index is 909. The van der Waals surface area contributed by atoms with Crippen molar-refractivity contribution in [3.8, 4) is 0 Å². The number of thioether (sulfide) groups is 1. The van der Waals surface area contributed by atoms with Gasteiger partial charge in [0.2, 0.25) is 5.91 Å². The molecule has 138 valence electrons. The molecule has 0 radical (unpaired) electrons. The van der Waals surface area contributed by atoms with Gasteiger partial charge in [-0.25, -0.2) is 0 Å². The third-order valence-electron chi connectivity index (χ3n) is 4.45. The van der Waals surface area contributed by atoms with Crippen LogP contribution in [0.1, 0.15) is 27.5 Å². The molecular formula is C23H22ClNOS. The second kappa shape index (κ2) is 9.12. The fourth-order valence-electron chi connectivity index (χ4n) is 2.83. The highest BCUT2D eigenvalue weighted by Gasteiger charge is 2.16. The predicted molar refractivity (Wildman–Crippen MR) is 117 cm³/mol. The topological polar surface area (TPSA) is 29.1 Å². The first-order valence-electron chi connectivity index (χ1n) is 8.82. The molecule has 1 atom stereocenters. The SMILES string of the molecule is Cc1ccc(NC(=O)CSC(c2ccccc2)c2ccc(Cl)cc2)cc1C. The number of hydrogen-bond acceptors (Lipinski definition) is 2. The standard InChI is InChI=1S/C23H22ClNOS/c1-16-8-13-21(14-17(16)2)25-22(26)15-27-23(18-6-4-3-5-7-18)19-9-11-20(24)12-10-19/h3-14,23H,15H2,1-2H3,(H,25,26). The maximum Gasteiger partial charge on any atom is 0.234 e. The van der Waals surface area contributed by atoms with Crippen molar-refractivity contribution >= 4 is 35.0 Å². The largest absolute Gasteiger partial charge is 0.325 e. The normalized spacial score (nSPS) is 11.8. The van der Waals surface area contributed by atoms with Gasteiger partial charge in [-0.15, -0.1) is 11.8 Å². The van der Waals surface area contributed by atoms with Crippen LogP contribution in [0.2, 0.25) is 5.02 Å². The summed E-state index contributed by atoms with van der Waals surface area (Å²) in [6.07, 6.45) is 0. The molecule has 3 rings (SSSR count). The van der Waals surface area contributed by atoms with E-state index in [1.807, 2.05) is 67.6 Å². The molecule has 0 aromatic heterocycles. The number of benzene rings is 3. The first-order valence-corrected chi connectivity index (χ1v) is 10.2. The van der Waals surface area contributed by atoms with E-state index in [4.69, 9.17) is 11.6 Å². The molecule has 0 aliphatic rings. The highest BCUT2D eigenvalue weighted by molar-refractivity contribution is 8.00. The van der Waals surface area contributed by atoms with E-state index in [-0.39, 0.29) is 11.2 Å². The van der Waals surface area contributed by atoms with Crippen LogP contribution < -0.4 is 5.32 Å². The summed E-state index contributed by atoms with van der Waals surface area (Å²) in [7, 11) is 0. The van der Waals surface area contributed by atoms with E-state index in [1.165, 1.54) is 16.7 Å². The van der Waals surface area contributed by atoms with Crippen LogP contribution in [-0.2, 0) is 4.79 Å². The van der Waals surface area contributed by atoms with Crippen molar-refractivity contribution in [3.05, 3.63) is 100 Å². The number of rotatable bonds is 6. The molecule has 27 heavy (non-hydrogen) atoms. The molecule has 3 aromatic rings. The zero-order valence-corrected chi connectivity index (χ0v) is 17.0. The van der Waals surface area contributed by atoms with Crippen LogP contribution in [0.4, 0.5) is 5.69 Å². The molecule has 1 amide bonds. The van der Waals surface area contributed by atoms with Gasteiger partial charge in [-0.2, -0.15) is 0 Å². The number of nitrogens with one attached hydrogen (secondary N) is 1. The Morgan fingerprint density at radius 3 is 2.26 bits per heavy atom. The van der Waals surface area contributed by atoms with Gasteiger partial charge in [-0.1, -0.05) is 60.1 Å². The van der Waals surface area contributed by atoms with Crippen LogP contribution in [0.25, 0.3) is 0 Å². The van der Waals surface area contributed by atoms with Crippen molar-refractivity contribution in [1.82, 2.24) is 0 Å². The van der Waals surface area contributed by atoms with Crippen molar-refractivity contribution < 1.29 is 4.79 Å². The monoisotopic (exact) mass is 395 g/mol. The first-order chi connectivity index (χ1) is 13.0. The molecule has 0 aliphatic heterocycles. The van der Waals surface area contributed by atoms with Crippen LogP contribution in [0.3, 0.4) is 0 Å². The zero-order valence-electron chi connectivity index (χ0n) is 15.4. The number of carbonyl (C=O) groups is 1. The molecule has 0 heterocycles. The van der Waals surface area contributed by atoms with E-state index < -0.39 is 0 Å². The summed E-state index contributed by atoms with van der Waals surface area (Å²) < 4.78 is 0. The van der Waals surface area contributed by atoms with Crippen molar-refractivity contribution in [2.24, 2.45) is 0 Å². The van der Waals surface area contributed by atoms with Crippen LogP contribution >= 0.6 is 23.4 Å². The van der Waals surface area contributed by atoms with Gasteiger partial charge >= 0.3 is 0 Å². The van der Waals surface area contributed by atoms with Crippen LogP contribution in [0.5, 0.6) is 0 Å².